The first kappa shape index (κ1) is 42.1. The second kappa shape index (κ2) is 17.8. The molecule has 0 spiro atoms. The van der Waals surface area contributed by atoms with Gasteiger partial charge in [-0.1, -0.05) is 55.5 Å². The molecule has 1 N–H and O–H groups in total. The molecule has 7 aromatic rings. The minimum atomic E-state index is -4.11. The third-order valence-electron chi connectivity index (χ3n) is 11.6. The Kier molecular flexibility index (Phi) is 12.1. The van der Waals surface area contributed by atoms with E-state index in [1.807, 2.05) is 92.7 Å². The van der Waals surface area contributed by atoms with Gasteiger partial charge in [-0.25, -0.2) is 22.8 Å². The predicted molar refractivity (Wildman–Crippen MR) is 228 cm³/mol. The van der Waals surface area contributed by atoms with E-state index in [4.69, 9.17) is 4.74 Å². The fraction of sp³-hybridized carbons (Fsp3) is 0.277. The quantitative estimate of drug-likeness (QED) is 0.103. The molecule has 15 heteroatoms. The molecule has 62 heavy (non-hydrogen) atoms. The molecule has 0 bridgehead atoms. The van der Waals surface area contributed by atoms with E-state index < -0.39 is 41.0 Å². The van der Waals surface area contributed by atoms with Gasteiger partial charge in [0.1, 0.15) is 23.7 Å². The van der Waals surface area contributed by atoms with Crippen molar-refractivity contribution in [1.29, 1.82) is 0 Å². The van der Waals surface area contributed by atoms with E-state index in [9.17, 15) is 18.7 Å². The van der Waals surface area contributed by atoms with Crippen LogP contribution in [0.1, 0.15) is 43.1 Å². The first-order valence-electron chi connectivity index (χ1n) is 20.5. The molecular formula is C47H46F4N8O3. The van der Waals surface area contributed by atoms with Gasteiger partial charge >= 0.3 is 11.6 Å². The predicted octanol–water partition coefficient (Wildman–Crippen LogP) is 8.13. The van der Waals surface area contributed by atoms with Gasteiger partial charge in [0.2, 0.25) is 0 Å². The molecule has 0 amide bonds. The Balaban J connectivity index is 0.886. The maximum Gasteiger partial charge on any atom is 0.350 e. The van der Waals surface area contributed by atoms with Crippen molar-refractivity contribution < 1.29 is 27.4 Å². The van der Waals surface area contributed by atoms with Crippen LogP contribution in [0.25, 0.3) is 16.8 Å². The number of hydrogen-bond acceptors (Lipinski definition) is 8. The molecule has 3 atom stereocenters. The van der Waals surface area contributed by atoms with E-state index in [0.717, 1.165) is 77.2 Å². The molecule has 3 aromatic heterocycles. The van der Waals surface area contributed by atoms with E-state index in [1.165, 1.54) is 35.4 Å². The molecule has 3 unspecified atom stereocenters. The number of aliphatic hydroxyl groups is 1. The van der Waals surface area contributed by atoms with Crippen LogP contribution in [-0.2, 0) is 29.4 Å². The molecule has 8 rings (SSSR count). The van der Waals surface area contributed by atoms with Gasteiger partial charge < -0.3 is 19.6 Å². The van der Waals surface area contributed by atoms with Crippen molar-refractivity contribution in [3.05, 3.63) is 179 Å². The molecule has 1 aliphatic rings. The van der Waals surface area contributed by atoms with Crippen molar-refractivity contribution in [2.24, 2.45) is 0 Å². The van der Waals surface area contributed by atoms with Crippen LogP contribution in [0.4, 0.5) is 28.9 Å². The summed E-state index contributed by atoms with van der Waals surface area (Å²) in [6.45, 7) is 6.69. The Morgan fingerprint density at radius 3 is 2.03 bits per heavy atom. The van der Waals surface area contributed by atoms with Crippen molar-refractivity contribution in [3.63, 3.8) is 0 Å². The molecule has 11 nitrogen and oxygen atoms in total. The van der Waals surface area contributed by atoms with E-state index in [2.05, 4.69) is 25.0 Å². The second-order valence-corrected chi connectivity index (χ2v) is 15.4. The molecule has 4 aromatic carbocycles. The molecule has 1 saturated heterocycles. The summed E-state index contributed by atoms with van der Waals surface area (Å²) in [6.07, 6.45) is 6.01. The zero-order valence-electron chi connectivity index (χ0n) is 34.2. The number of benzene rings is 4. The summed E-state index contributed by atoms with van der Waals surface area (Å²) in [5.41, 5.74) is 0.210. The van der Waals surface area contributed by atoms with Gasteiger partial charge in [0.25, 0.3) is 0 Å². The van der Waals surface area contributed by atoms with Gasteiger partial charge in [0.05, 0.1) is 31.0 Å². The lowest BCUT2D eigenvalue weighted by Crippen LogP contribution is -2.48. The van der Waals surface area contributed by atoms with Crippen LogP contribution in [0.2, 0.25) is 0 Å². The molecule has 1 aliphatic heterocycles. The number of anilines is 2. The van der Waals surface area contributed by atoms with Crippen molar-refractivity contribution in [2.45, 2.75) is 57.1 Å². The van der Waals surface area contributed by atoms with Crippen molar-refractivity contribution in [2.75, 3.05) is 36.0 Å². The monoisotopic (exact) mass is 846 g/mol. The molecule has 4 heterocycles. The minimum absolute atomic E-state index is 0.220. The highest BCUT2D eigenvalue weighted by molar-refractivity contribution is 5.66. The Morgan fingerprint density at radius 2 is 1.44 bits per heavy atom. The molecule has 1 fully saturated rings. The van der Waals surface area contributed by atoms with Crippen molar-refractivity contribution >= 4 is 11.4 Å². The van der Waals surface area contributed by atoms with Crippen LogP contribution in [0, 0.1) is 11.6 Å². The van der Waals surface area contributed by atoms with E-state index >= 15 is 8.78 Å². The average Bonchev–Trinajstić information content (AvgIpc) is 3.95. The third kappa shape index (κ3) is 8.50. The number of pyridine rings is 1. The zero-order chi connectivity index (χ0) is 43.4. The highest BCUT2D eigenvalue weighted by Gasteiger charge is 2.57. The smallest absolute Gasteiger partial charge is 0.350 e. The maximum absolute atomic E-state index is 16.3. The van der Waals surface area contributed by atoms with Gasteiger partial charge in [0.15, 0.2) is 5.60 Å². The van der Waals surface area contributed by atoms with Gasteiger partial charge in [-0.15, -0.1) is 0 Å². The van der Waals surface area contributed by atoms with Crippen LogP contribution in [0.3, 0.4) is 0 Å². The van der Waals surface area contributed by atoms with Crippen LogP contribution in [0.5, 0.6) is 0 Å². The topological polar surface area (TPSA) is 106 Å². The van der Waals surface area contributed by atoms with Gasteiger partial charge in [-0.2, -0.15) is 19.0 Å². The van der Waals surface area contributed by atoms with E-state index in [1.54, 1.807) is 10.9 Å². The molecule has 320 valence electrons. The molecule has 0 saturated carbocycles. The number of aromatic nitrogens is 6. The SMILES string of the molecule is CCC(C(C)OCc1ccccc1)n1ncn(-c2ccc(N3CCN(c4ccc(-c5ccc(C(F)(F)C(O)(Cn6cccn6)c6ccc(F)cc6F)nc5)cc4)CC3)cc2)c1=O. The Morgan fingerprint density at radius 1 is 0.790 bits per heavy atom. The van der Waals surface area contributed by atoms with Gasteiger partial charge in [-0.05, 0) is 85.1 Å². The fourth-order valence-electron chi connectivity index (χ4n) is 8.02. The summed E-state index contributed by atoms with van der Waals surface area (Å²) < 4.78 is 71.5. The molecule has 0 radical (unpaired) electrons. The van der Waals surface area contributed by atoms with Crippen LogP contribution >= 0.6 is 0 Å². The fourth-order valence-corrected chi connectivity index (χ4v) is 8.02. The van der Waals surface area contributed by atoms with Gasteiger partial charge in [-0.3, -0.25) is 9.67 Å². The minimum Gasteiger partial charge on any atom is -0.377 e. The number of hydrogen-bond donors (Lipinski definition) is 1. The number of alkyl halides is 2. The molecule has 0 aliphatic carbocycles. The highest BCUT2D eigenvalue weighted by Crippen LogP contribution is 2.47. The zero-order valence-corrected chi connectivity index (χ0v) is 34.2. The standard InChI is InChI=1S/C47H46F4N8O3/c1-3-43(33(2)62-30-34-8-5-4-6-9-34)59-45(60)58(32-54-59)40-18-16-39(17-19-40)56-26-24-55(25-27-56)38-14-10-35(11-15-38)36-12-21-44(52-29-36)47(50,51)46(61,31-57-23-7-22-53-57)41-20-13-37(48)28-42(41)49/h4-23,28-29,32-33,43,61H,3,24-27,30-31H2,1-2H3. The van der Waals surface area contributed by atoms with E-state index in [-0.39, 0.29) is 17.8 Å². The van der Waals surface area contributed by atoms with Crippen LogP contribution in [-0.4, -0.2) is 66.5 Å². The number of halogens is 4. The lowest BCUT2D eigenvalue weighted by Gasteiger charge is -2.37. The van der Waals surface area contributed by atoms with Crippen molar-refractivity contribution in [1.82, 2.24) is 29.1 Å². The largest absolute Gasteiger partial charge is 0.377 e. The summed E-state index contributed by atoms with van der Waals surface area (Å²) >= 11 is 0. The van der Waals surface area contributed by atoms with Crippen molar-refractivity contribution in [3.8, 4) is 16.8 Å². The van der Waals surface area contributed by atoms with Crippen LogP contribution in [0.15, 0.2) is 145 Å². The number of nitrogens with zero attached hydrogens (tertiary/aromatic N) is 8. The van der Waals surface area contributed by atoms with Crippen LogP contribution < -0.4 is 15.5 Å². The lowest BCUT2D eigenvalue weighted by atomic mass is 9.84. The number of rotatable bonds is 15. The number of ether oxygens (including phenoxy) is 1. The molecular weight excluding hydrogens is 801 g/mol. The Hall–Kier alpha value is -6.58. The summed E-state index contributed by atoms with van der Waals surface area (Å²) in [5.74, 6) is -6.39. The first-order chi connectivity index (χ1) is 29.9. The summed E-state index contributed by atoms with van der Waals surface area (Å²) in [5, 5.41) is 19.9. The summed E-state index contributed by atoms with van der Waals surface area (Å²) in [7, 11) is 0. The first-order valence-corrected chi connectivity index (χ1v) is 20.5. The number of piperazine rings is 1. The average molecular weight is 847 g/mol. The normalized spacial score (nSPS) is 15.3. The van der Waals surface area contributed by atoms with E-state index in [0.29, 0.717) is 24.7 Å². The lowest BCUT2D eigenvalue weighted by molar-refractivity contribution is -0.207. The highest BCUT2D eigenvalue weighted by atomic mass is 19.3. The summed E-state index contributed by atoms with van der Waals surface area (Å²) in [4.78, 5) is 22.1. The Bertz CT molecular complexity index is 2610. The van der Waals surface area contributed by atoms with Gasteiger partial charge in [0, 0.05) is 73.3 Å². The summed E-state index contributed by atoms with van der Waals surface area (Å²) in [6, 6.07) is 31.5. The third-order valence-corrected chi connectivity index (χ3v) is 11.6. The maximum atomic E-state index is 16.3. The second-order valence-electron chi connectivity index (χ2n) is 15.4. The Labute approximate surface area is 356 Å².